The number of ether oxygens (including phenoxy) is 2. The lowest BCUT2D eigenvalue weighted by Gasteiger charge is -2.26. The lowest BCUT2D eigenvalue weighted by Crippen LogP contribution is -2.30. The van der Waals surface area contributed by atoms with E-state index < -0.39 is 35.1 Å². The summed E-state index contributed by atoms with van der Waals surface area (Å²) in [6.07, 6.45) is 0. The second kappa shape index (κ2) is 8.97. The van der Waals surface area contributed by atoms with Crippen molar-refractivity contribution in [2.24, 2.45) is 0 Å². The van der Waals surface area contributed by atoms with Crippen LogP contribution in [0, 0.1) is 18.6 Å². The van der Waals surface area contributed by atoms with Gasteiger partial charge >= 0.3 is 0 Å². The van der Waals surface area contributed by atoms with Gasteiger partial charge in [0.2, 0.25) is 0 Å². The number of benzene rings is 3. The van der Waals surface area contributed by atoms with Crippen molar-refractivity contribution in [2.75, 3.05) is 19.1 Å². The first-order valence-corrected chi connectivity index (χ1v) is 10.3. The largest absolute Gasteiger partial charge is 0.507 e. The van der Waals surface area contributed by atoms with E-state index in [1.165, 1.54) is 32.4 Å². The fourth-order valence-corrected chi connectivity index (χ4v) is 4.06. The zero-order valence-electron chi connectivity index (χ0n) is 18.6. The van der Waals surface area contributed by atoms with Crippen LogP contribution in [0.3, 0.4) is 0 Å². The molecule has 1 aliphatic heterocycles. The monoisotopic (exact) mass is 465 g/mol. The van der Waals surface area contributed by atoms with Gasteiger partial charge in [-0.15, -0.1) is 0 Å². The summed E-state index contributed by atoms with van der Waals surface area (Å²) >= 11 is 0. The highest BCUT2D eigenvalue weighted by Crippen LogP contribution is 2.44. The summed E-state index contributed by atoms with van der Waals surface area (Å²) in [5, 5.41) is 11.3. The van der Waals surface area contributed by atoms with Crippen LogP contribution in [0.25, 0.3) is 5.76 Å². The number of anilines is 1. The minimum atomic E-state index is -1.17. The molecule has 0 aromatic heterocycles. The summed E-state index contributed by atoms with van der Waals surface area (Å²) in [5.74, 6) is -3.97. The van der Waals surface area contributed by atoms with Gasteiger partial charge in [-0.2, -0.15) is 0 Å². The molecule has 1 fully saturated rings. The molecule has 0 radical (unpaired) electrons. The van der Waals surface area contributed by atoms with Gasteiger partial charge in [-0.25, -0.2) is 8.78 Å². The molecule has 4 rings (SSSR count). The summed E-state index contributed by atoms with van der Waals surface area (Å²) in [5.41, 5.74) is 1.22. The molecule has 3 aromatic carbocycles. The SMILES string of the molecule is COc1ccc(/C(O)=C2\C(=O)C(=O)N(c3ccc(F)c(F)c3)C2c2ccccc2C)c(OC)c1. The normalized spacial score (nSPS) is 17.2. The second-order valence-corrected chi connectivity index (χ2v) is 7.69. The number of aryl methyl sites for hydroxylation is 1. The Balaban J connectivity index is 1.99. The van der Waals surface area contributed by atoms with Crippen molar-refractivity contribution in [3.63, 3.8) is 0 Å². The van der Waals surface area contributed by atoms with Crippen molar-refractivity contribution in [2.45, 2.75) is 13.0 Å². The van der Waals surface area contributed by atoms with Gasteiger partial charge in [0.25, 0.3) is 11.7 Å². The molecule has 0 saturated carbocycles. The van der Waals surface area contributed by atoms with E-state index in [0.29, 0.717) is 11.3 Å². The van der Waals surface area contributed by atoms with E-state index in [9.17, 15) is 23.5 Å². The minimum absolute atomic E-state index is 0.0185. The maximum atomic E-state index is 14.1. The smallest absolute Gasteiger partial charge is 0.300 e. The van der Waals surface area contributed by atoms with Crippen LogP contribution >= 0.6 is 0 Å². The molecule has 174 valence electrons. The van der Waals surface area contributed by atoms with Gasteiger partial charge in [0.15, 0.2) is 11.6 Å². The molecule has 1 aliphatic rings. The van der Waals surface area contributed by atoms with Gasteiger partial charge in [-0.1, -0.05) is 24.3 Å². The van der Waals surface area contributed by atoms with Crippen LogP contribution < -0.4 is 14.4 Å². The molecule has 1 amide bonds. The zero-order valence-corrected chi connectivity index (χ0v) is 18.6. The lowest BCUT2D eigenvalue weighted by atomic mass is 9.92. The van der Waals surface area contributed by atoms with E-state index in [-0.39, 0.29) is 22.6 Å². The van der Waals surface area contributed by atoms with Crippen molar-refractivity contribution in [3.8, 4) is 11.5 Å². The average molecular weight is 465 g/mol. The summed E-state index contributed by atoms with van der Waals surface area (Å²) in [4.78, 5) is 27.5. The number of rotatable bonds is 5. The average Bonchev–Trinajstić information content (AvgIpc) is 3.10. The van der Waals surface area contributed by atoms with Crippen molar-refractivity contribution < 1.29 is 33.0 Å². The molecular formula is C26H21F2NO5. The Morgan fingerprint density at radius 3 is 2.32 bits per heavy atom. The van der Waals surface area contributed by atoms with Crippen LogP contribution in [0.1, 0.15) is 22.7 Å². The summed E-state index contributed by atoms with van der Waals surface area (Å²) in [6.45, 7) is 1.79. The molecule has 1 saturated heterocycles. The number of hydrogen-bond acceptors (Lipinski definition) is 5. The third kappa shape index (κ3) is 3.77. The molecule has 1 N–H and O–H groups in total. The van der Waals surface area contributed by atoms with E-state index in [2.05, 4.69) is 0 Å². The van der Waals surface area contributed by atoms with E-state index >= 15 is 0 Å². The number of halogens is 2. The highest BCUT2D eigenvalue weighted by atomic mass is 19.2. The number of carbonyl (C=O) groups is 2. The van der Waals surface area contributed by atoms with Gasteiger partial charge in [-0.3, -0.25) is 14.5 Å². The Morgan fingerprint density at radius 1 is 0.941 bits per heavy atom. The number of Topliss-reactive ketones (excluding diaryl/α,β-unsaturated/α-hetero) is 1. The van der Waals surface area contributed by atoms with Crippen molar-refractivity contribution in [1.29, 1.82) is 0 Å². The van der Waals surface area contributed by atoms with Crippen LogP contribution in [-0.2, 0) is 9.59 Å². The predicted molar refractivity (Wildman–Crippen MR) is 122 cm³/mol. The maximum absolute atomic E-state index is 14.1. The molecule has 1 atom stereocenters. The third-order valence-corrected chi connectivity index (χ3v) is 5.77. The topological polar surface area (TPSA) is 76.1 Å². The van der Waals surface area contributed by atoms with E-state index in [1.807, 2.05) is 0 Å². The number of aliphatic hydroxyl groups excluding tert-OH is 1. The molecule has 1 heterocycles. The molecule has 0 bridgehead atoms. The van der Waals surface area contributed by atoms with Gasteiger partial charge in [-0.05, 0) is 42.3 Å². The Labute approximate surface area is 194 Å². The highest BCUT2D eigenvalue weighted by Gasteiger charge is 2.47. The number of aliphatic hydroxyl groups is 1. The van der Waals surface area contributed by atoms with Crippen molar-refractivity contribution in [3.05, 3.63) is 94.6 Å². The summed E-state index contributed by atoms with van der Waals surface area (Å²) in [7, 11) is 2.87. The first-order chi connectivity index (χ1) is 16.3. The number of ketones is 1. The van der Waals surface area contributed by atoms with Crippen LogP contribution in [0.4, 0.5) is 14.5 Å². The zero-order chi connectivity index (χ0) is 24.6. The molecular weight excluding hydrogens is 444 g/mol. The van der Waals surface area contributed by atoms with Crippen LogP contribution in [0.15, 0.2) is 66.2 Å². The first-order valence-electron chi connectivity index (χ1n) is 10.3. The van der Waals surface area contributed by atoms with E-state index in [1.54, 1.807) is 37.3 Å². The van der Waals surface area contributed by atoms with Crippen molar-refractivity contribution >= 4 is 23.1 Å². The van der Waals surface area contributed by atoms with E-state index in [0.717, 1.165) is 22.6 Å². The van der Waals surface area contributed by atoms with Crippen LogP contribution in [0.5, 0.6) is 11.5 Å². The second-order valence-electron chi connectivity index (χ2n) is 7.69. The van der Waals surface area contributed by atoms with Gasteiger partial charge in [0.1, 0.15) is 17.3 Å². The van der Waals surface area contributed by atoms with Gasteiger partial charge < -0.3 is 14.6 Å². The Hall–Kier alpha value is -4.20. The third-order valence-electron chi connectivity index (χ3n) is 5.77. The number of amides is 1. The number of nitrogens with zero attached hydrogens (tertiary/aromatic N) is 1. The van der Waals surface area contributed by atoms with Gasteiger partial charge in [0.05, 0.1) is 31.4 Å². The standard InChI is InChI=1S/C26H21F2NO5/c1-14-6-4-5-7-17(14)23-22(24(30)18-10-9-16(33-2)13-21(18)34-3)25(31)26(32)29(23)15-8-11-19(27)20(28)12-15/h4-13,23,30H,1-3H3/b24-22+. The highest BCUT2D eigenvalue weighted by molar-refractivity contribution is 6.51. The Kier molecular flexibility index (Phi) is 6.06. The molecule has 1 unspecified atom stereocenters. The molecule has 0 spiro atoms. The first kappa shape index (κ1) is 23.0. The van der Waals surface area contributed by atoms with Crippen molar-refractivity contribution in [1.82, 2.24) is 0 Å². The van der Waals surface area contributed by atoms with E-state index in [4.69, 9.17) is 9.47 Å². The summed E-state index contributed by atoms with van der Waals surface area (Å²) < 4.78 is 38.2. The molecule has 0 aliphatic carbocycles. The minimum Gasteiger partial charge on any atom is -0.507 e. The quantitative estimate of drug-likeness (QED) is 0.329. The Morgan fingerprint density at radius 2 is 1.68 bits per heavy atom. The Bertz CT molecular complexity index is 1330. The molecule has 8 heteroatoms. The van der Waals surface area contributed by atoms with Crippen LogP contribution in [0.2, 0.25) is 0 Å². The number of carbonyl (C=O) groups excluding carboxylic acids is 2. The fourth-order valence-electron chi connectivity index (χ4n) is 4.06. The maximum Gasteiger partial charge on any atom is 0.300 e. The number of hydrogen-bond donors (Lipinski definition) is 1. The summed E-state index contributed by atoms with van der Waals surface area (Å²) in [6, 6.07) is 13.5. The lowest BCUT2D eigenvalue weighted by molar-refractivity contribution is -0.132. The molecule has 34 heavy (non-hydrogen) atoms. The molecule has 3 aromatic rings. The fraction of sp³-hybridized carbons (Fsp3) is 0.154. The van der Waals surface area contributed by atoms with Gasteiger partial charge in [0, 0.05) is 17.8 Å². The molecule has 6 nitrogen and oxygen atoms in total. The predicted octanol–water partition coefficient (Wildman–Crippen LogP) is 4.92. The number of methoxy groups -OCH3 is 2. The van der Waals surface area contributed by atoms with Crippen LogP contribution in [-0.4, -0.2) is 31.0 Å².